The topological polar surface area (TPSA) is 175 Å². The summed E-state index contributed by atoms with van der Waals surface area (Å²) in [6, 6.07) is 3.24. The van der Waals surface area contributed by atoms with Crippen LogP contribution < -0.4 is 0 Å². The van der Waals surface area contributed by atoms with Gasteiger partial charge in [-0.1, -0.05) is 39.3 Å². The third-order valence-corrected chi connectivity index (χ3v) is 10.3. The number of carbonyl (C=O) groups is 3. The number of H-pyrrole nitrogens is 1. The van der Waals surface area contributed by atoms with Gasteiger partial charge in [0.2, 0.25) is 11.5 Å². The fraction of sp³-hybridized carbons (Fsp3) is 0.650. The monoisotopic (exact) mass is 740 g/mol. The number of hydrogen-bond donors (Lipinski definition) is 3. The highest BCUT2D eigenvalue weighted by atomic mass is 16.6. The maximum absolute atomic E-state index is 13.7. The number of rotatable bonds is 10. The van der Waals surface area contributed by atoms with Gasteiger partial charge in [0.05, 0.1) is 31.7 Å². The molecule has 0 saturated carbocycles. The summed E-state index contributed by atoms with van der Waals surface area (Å²) in [5.41, 5.74) is 2.95. The average Bonchev–Trinajstić information content (AvgIpc) is 3.89. The van der Waals surface area contributed by atoms with Gasteiger partial charge in [0.25, 0.3) is 0 Å². The highest BCUT2D eigenvalue weighted by molar-refractivity contribution is 5.94. The van der Waals surface area contributed by atoms with E-state index < -0.39 is 60.4 Å². The molecule has 4 aliphatic heterocycles. The van der Waals surface area contributed by atoms with E-state index in [4.69, 9.17) is 33.4 Å². The number of ether oxygens (including phenoxy) is 6. The molecule has 0 radical (unpaired) electrons. The summed E-state index contributed by atoms with van der Waals surface area (Å²) in [5.74, 6) is -2.63. The summed E-state index contributed by atoms with van der Waals surface area (Å²) in [6.45, 7) is 12.0. The van der Waals surface area contributed by atoms with E-state index in [1.807, 2.05) is 26.0 Å². The number of aliphatic hydroxyl groups excluding tert-OH is 1. The van der Waals surface area contributed by atoms with Crippen molar-refractivity contribution in [3.8, 4) is 0 Å². The van der Waals surface area contributed by atoms with Crippen LogP contribution in [0.4, 0.5) is 0 Å². The molecular weight excluding hydrogens is 684 g/mol. The third kappa shape index (κ3) is 9.48. The van der Waals surface area contributed by atoms with Crippen LogP contribution in [0, 0.1) is 17.8 Å². The Morgan fingerprint density at radius 3 is 2.57 bits per heavy atom. The van der Waals surface area contributed by atoms with Crippen molar-refractivity contribution in [1.82, 2.24) is 4.98 Å². The standard InChI is InChI=1S/C40H56N2O11/c1-22(2)15-26-17-34(44)52-36-35(53-39(46)40(36,47)21-43)25(6)10-11-27-12-13-30(41-27)37-42-31(33(51-37)20-50-38(26)45)18-28-29(24(5)9-8-14-48-7)19-49-32(28)16-23(3)4/h10,12-13,18,22-23,26,31-33,35-36,41,43,47H,8-9,11,14-17,19-21H2,1-7H3/b25-10+,28-18-,29-24+/t26-,31?,32?,33?,35?,36?,40?/m1/s1. The van der Waals surface area contributed by atoms with Gasteiger partial charge in [0.1, 0.15) is 18.3 Å². The number of hydrogen-bond acceptors (Lipinski definition) is 12. The summed E-state index contributed by atoms with van der Waals surface area (Å²) >= 11 is 0. The molecule has 6 unspecified atom stereocenters. The normalized spacial score (nSPS) is 32.4. The molecule has 5 heterocycles. The van der Waals surface area contributed by atoms with Crippen molar-refractivity contribution in [2.45, 2.75) is 116 Å². The summed E-state index contributed by atoms with van der Waals surface area (Å²) in [4.78, 5) is 48.2. The maximum atomic E-state index is 13.7. The predicted octanol–water partition coefficient (Wildman–Crippen LogP) is 4.30. The number of aliphatic imine (C=N–C) groups is 1. The number of allylic oxidation sites excluding steroid dienone is 2. The number of aromatic nitrogens is 1. The van der Waals surface area contributed by atoms with Gasteiger partial charge < -0.3 is 43.6 Å². The summed E-state index contributed by atoms with van der Waals surface area (Å²) in [6.07, 6.45) is 3.39. The molecule has 13 nitrogen and oxygen atoms in total. The van der Waals surface area contributed by atoms with Crippen molar-refractivity contribution in [3.05, 3.63) is 58.0 Å². The molecule has 2 fully saturated rings. The van der Waals surface area contributed by atoms with E-state index in [2.05, 4.69) is 31.8 Å². The number of carbonyl (C=O) groups excluding carboxylic acids is 3. The smallest absolute Gasteiger partial charge is 0.345 e. The zero-order valence-corrected chi connectivity index (χ0v) is 32.0. The molecule has 5 rings (SSSR count). The lowest BCUT2D eigenvalue weighted by Gasteiger charge is -2.27. The Balaban J connectivity index is 1.52. The van der Waals surface area contributed by atoms with E-state index in [-0.39, 0.29) is 25.0 Å². The van der Waals surface area contributed by atoms with E-state index in [1.54, 1.807) is 20.1 Å². The first-order valence-corrected chi connectivity index (χ1v) is 18.7. The number of esters is 3. The van der Waals surface area contributed by atoms with Crippen LogP contribution >= 0.6 is 0 Å². The lowest BCUT2D eigenvalue weighted by atomic mass is 9.91. The predicted molar refractivity (Wildman–Crippen MR) is 195 cm³/mol. The van der Waals surface area contributed by atoms with E-state index in [9.17, 15) is 24.6 Å². The molecule has 292 valence electrons. The van der Waals surface area contributed by atoms with Crippen LogP contribution in [0.1, 0.15) is 85.0 Å². The van der Waals surface area contributed by atoms with E-state index >= 15 is 0 Å². The molecule has 4 bridgehead atoms. The van der Waals surface area contributed by atoms with Crippen LogP contribution in [0.3, 0.4) is 0 Å². The molecule has 0 aliphatic carbocycles. The summed E-state index contributed by atoms with van der Waals surface area (Å²) in [7, 11) is 1.70. The molecule has 0 amide bonds. The van der Waals surface area contributed by atoms with Crippen molar-refractivity contribution < 1.29 is 53.0 Å². The summed E-state index contributed by atoms with van der Waals surface area (Å²) < 4.78 is 35.1. The second-order valence-corrected chi connectivity index (χ2v) is 15.5. The Morgan fingerprint density at radius 1 is 1.11 bits per heavy atom. The minimum absolute atomic E-state index is 0.0247. The van der Waals surface area contributed by atoms with Crippen LogP contribution in [0.2, 0.25) is 0 Å². The lowest BCUT2D eigenvalue weighted by molar-refractivity contribution is -0.173. The Hall–Kier alpha value is -3.78. The molecule has 1 aromatic heterocycles. The Bertz CT molecular complexity index is 1620. The number of fused-ring (bicyclic) bond motifs is 6. The number of aliphatic hydroxyl groups is 2. The molecule has 4 aliphatic rings. The molecule has 13 heteroatoms. The van der Waals surface area contributed by atoms with Gasteiger partial charge in [0, 0.05) is 25.8 Å². The second-order valence-electron chi connectivity index (χ2n) is 15.5. The lowest BCUT2D eigenvalue weighted by Crippen LogP contribution is -2.52. The third-order valence-electron chi connectivity index (χ3n) is 10.3. The zero-order valence-electron chi connectivity index (χ0n) is 32.0. The van der Waals surface area contributed by atoms with Crippen molar-refractivity contribution in [3.63, 3.8) is 0 Å². The summed E-state index contributed by atoms with van der Waals surface area (Å²) in [5, 5.41) is 21.1. The second kappa shape index (κ2) is 17.6. The minimum Gasteiger partial charge on any atom is -0.467 e. The number of cyclic esters (lactones) is 1. The van der Waals surface area contributed by atoms with Gasteiger partial charge in [-0.25, -0.2) is 9.79 Å². The number of methoxy groups -OCH3 is 1. The van der Waals surface area contributed by atoms with Crippen LogP contribution in [0.15, 0.2) is 51.6 Å². The van der Waals surface area contributed by atoms with Gasteiger partial charge in [-0.3, -0.25) is 9.59 Å². The van der Waals surface area contributed by atoms with Gasteiger partial charge in [0.15, 0.2) is 18.3 Å². The molecule has 53 heavy (non-hydrogen) atoms. The van der Waals surface area contributed by atoms with E-state index in [0.717, 1.165) is 36.1 Å². The zero-order chi connectivity index (χ0) is 38.4. The first-order chi connectivity index (χ1) is 25.2. The SMILES string of the molecule is COCCC/C(C)=C1\COC(CC(C)C)\C1=C/C1N=C2OC1COC(=O)[C@H](CC(C)C)CC(=O)OC1C(OC(=O)C1(O)CO)/C(C)=C/Cc1ccc2[nH]1. The Labute approximate surface area is 311 Å². The van der Waals surface area contributed by atoms with Crippen LogP contribution in [0.25, 0.3) is 0 Å². The number of aromatic amines is 1. The first-order valence-electron chi connectivity index (χ1n) is 18.7. The fourth-order valence-electron chi connectivity index (χ4n) is 7.31. The van der Waals surface area contributed by atoms with Gasteiger partial charge in [-0.2, -0.15) is 0 Å². The van der Waals surface area contributed by atoms with Gasteiger partial charge >= 0.3 is 17.9 Å². The number of nitrogens with zero attached hydrogens (tertiary/aromatic N) is 1. The van der Waals surface area contributed by atoms with Crippen molar-refractivity contribution in [1.29, 1.82) is 0 Å². The van der Waals surface area contributed by atoms with Crippen LogP contribution in [-0.4, -0.2) is 109 Å². The number of nitrogens with one attached hydrogen (secondary N) is 1. The van der Waals surface area contributed by atoms with E-state index in [1.165, 1.54) is 5.57 Å². The highest BCUT2D eigenvalue weighted by Crippen LogP contribution is 2.36. The van der Waals surface area contributed by atoms with Crippen molar-refractivity contribution >= 4 is 23.8 Å². The van der Waals surface area contributed by atoms with Crippen molar-refractivity contribution in [2.24, 2.45) is 22.7 Å². The largest absolute Gasteiger partial charge is 0.467 e. The fourth-order valence-corrected chi connectivity index (χ4v) is 7.31. The molecule has 0 spiro atoms. The van der Waals surface area contributed by atoms with E-state index in [0.29, 0.717) is 49.1 Å². The van der Waals surface area contributed by atoms with Gasteiger partial charge in [-0.05, 0) is 86.3 Å². The molecular formula is C40H56N2O11. The Kier molecular flexibility index (Phi) is 13.4. The average molecular weight is 741 g/mol. The molecule has 7 atom stereocenters. The maximum Gasteiger partial charge on any atom is 0.345 e. The minimum atomic E-state index is -2.46. The van der Waals surface area contributed by atoms with Crippen LogP contribution in [0.5, 0.6) is 0 Å². The molecule has 3 N–H and O–H groups in total. The molecule has 1 aromatic rings. The van der Waals surface area contributed by atoms with Gasteiger partial charge in [-0.15, -0.1) is 0 Å². The Morgan fingerprint density at radius 2 is 1.87 bits per heavy atom. The molecule has 2 saturated heterocycles. The molecule has 0 aromatic carbocycles. The van der Waals surface area contributed by atoms with Crippen molar-refractivity contribution in [2.75, 3.05) is 33.5 Å². The first kappa shape index (κ1) is 40.4. The highest BCUT2D eigenvalue weighted by Gasteiger charge is 2.59. The quantitative estimate of drug-likeness (QED) is 0.135. The van der Waals surface area contributed by atoms with Crippen LogP contribution in [-0.2, 0) is 49.2 Å².